The van der Waals surface area contributed by atoms with E-state index in [0.717, 1.165) is 32.7 Å². The zero-order valence-electron chi connectivity index (χ0n) is 7.38. The van der Waals surface area contributed by atoms with E-state index in [1.165, 1.54) is 0 Å². The summed E-state index contributed by atoms with van der Waals surface area (Å²) in [4.78, 5) is 2.20. The molecule has 0 aromatic heterocycles. The Morgan fingerprint density at radius 2 is 1.91 bits per heavy atom. The molecule has 0 saturated carbocycles. The van der Waals surface area contributed by atoms with E-state index >= 15 is 0 Å². The average Bonchev–Trinajstić information content (AvgIpc) is 2.52. The van der Waals surface area contributed by atoms with Crippen molar-refractivity contribution in [3.05, 3.63) is 0 Å². The third-order valence-corrected chi connectivity index (χ3v) is 1.82. The fourth-order valence-corrected chi connectivity index (χ4v) is 1.26. The van der Waals surface area contributed by atoms with Gasteiger partial charge in [0.2, 0.25) is 6.41 Å². The summed E-state index contributed by atoms with van der Waals surface area (Å²) in [5.74, 6) is 0. The minimum Gasteiger partial charge on any atom is -0.337 e. The van der Waals surface area contributed by atoms with Crippen LogP contribution in [0.15, 0.2) is 0 Å². The molecule has 66 valence electrons. The lowest BCUT2D eigenvalue weighted by Crippen LogP contribution is -2.36. The molecule has 1 aliphatic rings. The summed E-state index contributed by atoms with van der Waals surface area (Å²) in [5.41, 5.74) is 0. The first-order chi connectivity index (χ1) is 5.38. The molecule has 0 unspecified atom stereocenters. The first kappa shape index (κ1) is 8.97. The lowest BCUT2D eigenvalue weighted by atomic mass is 10.4. The predicted octanol–water partition coefficient (Wildman–Crippen LogP) is 1.05. The van der Waals surface area contributed by atoms with Gasteiger partial charge in [0.15, 0.2) is 0 Å². The minimum absolute atomic E-state index is 0.0695. The molecule has 0 aromatic carbocycles. The second-order valence-electron chi connectivity index (χ2n) is 2.68. The molecule has 11 heavy (non-hydrogen) atoms. The molecular formula is C8H17NO2. The SMILES string of the molecule is CCCN(CC)C1OCCO1. The summed E-state index contributed by atoms with van der Waals surface area (Å²) >= 11 is 0. The Morgan fingerprint density at radius 3 is 2.36 bits per heavy atom. The van der Waals surface area contributed by atoms with E-state index in [1.54, 1.807) is 0 Å². The molecule has 3 nitrogen and oxygen atoms in total. The Morgan fingerprint density at radius 1 is 1.27 bits per heavy atom. The minimum atomic E-state index is -0.0695. The Labute approximate surface area is 68.3 Å². The third-order valence-electron chi connectivity index (χ3n) is 1.82. The van der Waals surface area contributed by atoms with E-state index in [-0.39, 0.29) is 6.41 Å². The van der Waals surface area contributed by atoms with Crippen molar-refractivity contribution in [2.24, 2.45) is 0 Å². The number of nitrogens with zero attached hydrogens (tertiary/aromatic N) is 1. The number of hydrogen-bond donors (Lipinski definition) is 0. The van der Waals surface area contributed by atoms with Crippen LogP contribution in [0.1, 0.15) is 20.3 Å². The van der Waals surface area contributed by atoms with Gasteiger partial charge in [-0.1, -0.05) is 13.8 Å². The monoisotopic (exact) mass is 159 g/mol. The normalized spacial score (nSPS) is 19.9. The van der Waals surface area contributed by atoms with E-state index in [2.05, 4.69) is 18.7 Å². The zero-order chi connectivity index (χ0) is 8.10. The van der Waals surface area contributed by atoms with Gasteiger partial charge >= 0.3 is 0 Å². The second-order valence-corrected chi connectivity index (χ2v) is 2.68. The maximum absolute atomic E-state index is 5.36. The van der Waals surface area contributed by atoms with Gasteiger partial charge in [-0.15, -0.1) is 0 Å². The highest BCUT2D eigenvalue weighted by molar-refractivity contribution is 4.56. The van der Waals surface area contributed by atoms with Crippen molar-refractivity contribution in [2.75, 3.05) is 26.3 Å². The molecule has 3 heteroatoms. The van der Waals surface area contributed by atoms with Crippen LogP contribution in [0.4, 0.5) is 0 Å². The molecule has 0 radical (unpaired) electrons. The molecule has 1 heterocycles. The summed E-state index contributed by atoms with van der Waals surface area (Å²) in [7, 11) is 0. The largest absolute Gasteiger partial charge is 0.337 e. The molecule has 0 N–H and O–H groups in total. The summed E-state index contributed by atoms with van der Waals surface area (Å²) in [6, 6.07) is 0. The smallest absolute Gasteiger partial charge is 0.218 e. The summed E-state index contributed by atoms with van der Waals surface area (Å²) in [6.45, 7) is 7.83. The van der Waals surface area contributed by atoms with Gasteiger partial charge in [-0.2, -0.15) is 0 Å². The van der Waals surface area contributed by atoms with Crippen LogP contribution in [-0.2, 0) is 9.47 Å². The molecular weight excluding hydrogens is 142 g/mol. The van der Waals surface area contributed by atoms with Crippen molar-refractivity contribution in [1.82, 2.24) is 4.90 Å². The fourth-order valence-electron chi connectivity index (χ4n) is 1.26. The molecule has 0 aliphatic carbocycles. The van der Waals surface area contributed by atoms with Crippen LogP contribution in [0.25, 0.3) is 0 Å². The molecule has 1 fully saturated rings. The Kier molecular flexibility index (Phi) is 3.83. The molecule has 0 spiro atoms. The summed E-state index contributed by atoms with van der Waals surface area (Å²) in [6.07, 6.45) is 1.08. The molecule has 1 rings (SSSR count). The van der Waals surface area contributed by atoms with Gasteiger partial charge in [-0.25, -0.2) is 0 Å². The molecule has 0 aromatic rings. The predicted molar refractivity (Wildman–Crippen MR) is 43.2 cm³/mol. The molecule has 0 bridgehead atoms. The van der Waals surface area contributed by atoms with Crippen LogP contribution in [0.5, 0.6) is 0 Å². The number of rotatable bonds is 4. The summed E-state index contributed by atoms with van der Waals surface area (Å²) < 4.78 is 10.7. The molecule has 1 saturated heterocycles. The lowest BCUT2D eigenvalue weighted by Gasteiger charge is -2.24. The van der Waals surface area contributed by atoms with E-state index in [1.807, 2.05) is 0 Å². The standard InChI is InChI=1S/C8H17NO2/c1-3-5-9(4-2)8-10-6-7-11-8/h8H,3-7H2,1-2H3. The van der Waals surface area contributed by atoms with Gasteiger partial charge in [0.25, 0.3) is 0 Å². The molecule has 1 aliphatic heterocycles. The van der Waals surface area contributed by atoms with E-state index in [9.17, 15) is 0 Å². The van der Waals surface area contributed by atoms with Gasteiger partial charge in [-0.3, -0.25) is 4.90 Å². The highest BCUT2D eigenvalue weighted by Crippen LogP contribution is 2.09. The highest BCUT2D eigenvalue weighted by atomic mass is 16.7. The topological polar surface area (TPSA) is 21.7 Å². The lowest BCUT2D eigenvalue weighted by molar-refractivity contribution is -0.150. The van der Waals surface area contributed by atoms with Crippen LogP contribution in [0.2, 0.25) is 0 Å². The maximum atomic E-state index is 5.36. The maximum Gasteiger partial charge on any atom is 0.218 e. The Hall–Kier alpha value is -0.120. The van der Waals surface area contributed by atoms with Crippen LogP contribution in [-0.4, -0.2) is 37.6 Å². The van der Waals surface area contributed by atoms with Crippen molar-refractivity contribution >= 4 is 0 Å². The Balaban J connectivity index is 2.27. The van der Waals surface area contributed by atoms with Crippen molar-refractivity contribution in [3.63, 3.8) is 0 Å². The summed E-state index contributed by atoms with van der Waals surface area (Å²) in [5, 5.41) is 0. The first-order valence-corrected chi connectivity index (χ1v) is 4.35. The van der Waals surface area contributed by atoms with E-state index < -0.39 is 0 Å². The van der Waals surface area contributed by atoms with Crippen molar-refractivity contribution in [1.29, 1.82) is 0 Å². The van der Waals surface area contributed by atoms with Crippen molar-refractivity contribution in [2.45, 2.75) is 26.7 Å². The van der Waals surface area contributed by atoms with Crippen LogP contribution in [0.3, 0.4) is 0 Å². The average molecular weight is 159 g/mol. The van der Waals surface area contributed by atoms with Crippen LogP contribution >= 0.6 is 0 Å². The van der Waals surface area contributed by atoms with Crippen molar-refractivity contribution < 1.29 is 9.47 Å². The van der Waals surface area contributed by atoms with Crippen LogP contribution < -0.4 is 0 Å². The quantitative estimate of drug-likeness (QED) is 0.612. The molecule has 0 atom stereocenters. The second kappa shape index (κ2) is 4.70. The van der Waals surface area contributed by atoms with E-state index in [0.29, 0.717) is 0 Å². The van der Waals surface area contributed by atoms with Gasteiger partial charge in [0.1, 0.15) is 0 Å². The fraction of sp³-hybridized carbons (Fsp3) is 1.00. The van der Waals surface area contributed by atoms with E-state index in [4.69, 9.17) is 9.47 Å². The van der Waals surface area contributed by atoms with Gasteiger partial charge in [0, 0.05) is 6.54 Å². The third kappa shape index (κ3) is 2.43. The van der Waals surface area contributed by atoms with Gasteiger partial charge in [-0.05, 0) is 13.0 Å². The molecule has 0 amide bonds. The highest BCUT2D eigenvalue weighted by Gasteiger charge is 2.21. The van der Waals surface area contributed by atoms with Crippen LogP contribution in [0, 0.1) is 0 Å². The first-order valence-electron chi connectivity index (χ1n) is 4.35. The zero-order valence-corrected chi connectivity index (χ0v) is 7.38. The van der Waals surface area contributed by atoms with Crippen molar-refractivity contribution in [3.8, 4) is 0 Å². The Bertz CT molecular complexity index is 102. The number of ether oxygens (including phenoxy) is 2. The van der Waals surface area contributed by atoms with Gasteiger partial charge in [0.05, 0.1) is 13.2 Å². The van der Waals surface area contributed by atoms with Gasteiger partial charge < -0.3 is 9.47 Å². The number of hydrogen-bond acceptors (Lipinski definition) is 3.